The standard InChI is InChI=1S/C16H27NO2/c1-13(2)14-11-16(18,9-10-19-14)15(12-17)7-5-3-4-6-8-15/h13-14,18H,3-11H2,1-2H3. The smallest absolute Gasteiger partial charge is 0.0879 e. The van der Waals surface area contributed by atoms with Gasteiger partial charge in [0, 0.05) is 19.4 Å². The van der Waals surface area contributed by atoms with Gasteiger partial charge in [-0.1, -0.05) is 39.5 Å². The highest BCUT2D eigenvalue weighted by atomic mass is 16.5. The first kappa shape index (κ1) is 14.8. The summed E-state index contributed by atoms with van der Waals surface area (Å²) < 4.78 is 5.78. The van der Waals surface area contributed by atoms with Crippen molar-refractivity contribution in [1.82, 2.24) is 0 Å². The Bertz CT molecular complexity index is 339. The molecule has 0 aromatic rings. The van der Waals surface area contributed by atoms with E-state index in [4.69, 9.17) is 4.74 Å². The molecule has 3 heteroatoms. The molecular formula is C16H27NO2. The van der Waals surface area contributed by atoms with E-state index >= 15 is 0 Å². The van der Waals surface area contributed by atoms with Crippen molar-refractivity contribution in [1.29, 1.82) is 5.26 Å². The minimum Gasteiger partial charge on any atom is -0.388 e. The molecule has 0 radical (unpaired) electrons. The summed E-state index contributed by atoms with van der Waals surface area (Å²) >= 11 is 0. The van der Waals surface area contributed by atoms with E-state index in [2.05, 4.69) is 19.9 Å². The van der Waals surface area contributed by atoms with Gasteiger partial charge >= 0.3 is 0 Å². The number of ether oxygens (including phenoxy) is 1. The average Bonchev–Trinajstić information content (AvgIpc) is 2.65. The van der Waals surface area contributed by atoms with Crippen molar-refractivity contribution in [3.63, 3.8) is 0 Å². The summed E-state index contributed by atoms with van der Waals surface area (Å²) in [6.45, 7) is 4.84. The van der Waals surface area contributed by atoms with Crippen molar-refractivity contribution in [2.45, 2.75) is 76.9 Å². The molecule has 2 unspecified atom stereocenters. The Morgan fingerprint density at radius 3 is 2.32 bits per heavy atom. The monoisotopic (exact) mass is 265 g/mol. The van der Waals surface area contributed by atoms with Crippen LogP contribution in [0.3, 0.4) is 0 Å². The zero-order valence-corrected chi connectivity index (χ0v) is 12.3. The topological polar surface area (TPSA) is 53.2 Å². The second kappa shape index (κ2) is 5.81. The lowest BCUT2D eigenvalue weighted by Gasteiger charge is -2.47. The molecule has 2 rings (SSSR count). The van der Waals surface area contributed by atoms with Crippen molar-refractivity contribution in [3.8, 4) is 6.07 Å². The molecule has 2 aliphatic rings. The highest BCUT2D eigenvalue weighted by molar-refractivity contribution is 5.13. The van der Waals surface area contributed by atoms with Gasteiger partial charge in [0.05, 0.1) is 23.2 Å². The van der Waals surface area contributed by atoms with E-state index in [0.717, 1.165) is 25.7 Å². The molecule has 0 bridgehead atoms. The van der Waals surface area contributed by atoms with Crippen LogP contribution in [-0.2, 0) is 4.74 Å². The van der Waals surface area contributed by atoms with Gasteiger partial charge in [-0.25, -0.2) is 0 Å². The zero-order chi connectivity index (χ0) is 13.9. The Morgan fingerprint density at radius 1 is 1.16 bits per heavy atom. The molecule has 1 heterocycles. The van der Waals surface area contributed by atoms with Crippen molar-refractivity contribution in [2.75, 3.05) is 6.61 Å². The van der Waals surface area contributed by atoms with Gasteiger partial charge in [0.1, 0.15) is 0 Å². The number of aliphatic hydroxyl groups is 1. The van der Waals surface area contributed by atoms with E-state index < -0.39 is 11.0 Å². The average molecular weight is 265 g/mol. The van der Waals surface area contributed by atoms with Crippen molar-refractivity contribution in [3.05, 3.63) is 0 Å². The number of rotatable bonds is 2. The van der Waals surface area contributed by atoms with Crippen molar-refractivity contribution in [2.24, 2.45) is 11.3 Å². The fourth-order valence-electron chi connectivity index (χ4n) is 3.75. The lowest BCUT2D eigenvalue weighted by molar-refractivity contribution is -0.164. The summed E-state index contributed by atoms with van der Waals surface area (Å²) in [7, 11) is 0. The number of hydrogen-bond donors (Lipinski definition) is 1. The molecule has 1 saturated heterocycles. The van der Waals surface area contributed by atoms with E-state index in [1.165, 1.54) is 12.8 Å². The van der Waals surface area contributed by atoms with Crippen LogP contribution in [0, 0.1) is 22.7 Å². The first-order valence-electron chi connectivity index (χ1n) is 7.78. The Balaban J connectivity index is 2.22. The molecule has 1 saturated carbocycles. The highest BCUT2D eigenvalue weighted by Gasteiger charge is 2.53. The van der Waals surface area contributed by atoms with Gasteiger partial charge in [0.25, 0.3) is 0 Å². The van der Waals surface area contributed by atoms with Gasteiger partial charge in [0.15, 0.2) is 0 Å². The predicted octanol–water partition coefficient (Wildman–Crippen LogP) is 3.42. The van der Waals surface area contributed by atoms with Crippen LogP contribution < -0.4 is 0 Å². The van der Waals surface area contributed by atoms with Gasteiger partial charge < -0.3 is 9.84 Å². The molecule has 2 fully saturated rings. The number of nitriles is 1. The second-order valence-electron chi connectivity index (χ2n) is 6.75. The van der Waals surface area contributed by atoms with Crippen LogP contribution in [0.5, 0.6) is 0 Å². The highest BCUT2D eigenvalue weighted by Crippen LogP contribution is 2.49. The summed E-state index contributed by atoms with van der Waals surface area (Å²) in [4.78, 5) is 0. The summed E-state index contributed by atoms with van der Waals surface area (Å²) in [5, 5.41) is 20.9. The molecule has 108 valence electrons. The Labute approximate surface area is 117 Å². The van der Waals surface area contributed by atoms with Crippen molar-refractivity contribution >= 4 is 0 Å². The minimum absolute atomic E-state index is 0.0900. The Kier molecular flexibility index (Phi) is 4.53. The SMILES string of the molecule is CC(C)C1CC(O)(C2(C#N)CCCCCC2)CCO1. The summed E-state index contributed by atoms with van der Waals surface area (Å²) in [6, 6.07) is 2.52. The fourth-order valence-corrected chi connectivity index (χ4v) is 3.75. The maximum Gasteiger partial charge on any atom is 0.0879 e. The Hall–Kier alpha value is -0.590. The maximum atomic E-state index is 11.2. The van der Waals surface area contributed by atoms with Crippen LogP contribution in [-0.4, -0.2) is 23.4 Å². The minimum atomic E-state index is -0.848. The first-order chi connectivity index (χ1) is 9.03. The van der Waals surface area contributed by atoms with Gasteiger partial charge in [-0.15, -0.1) is 0 Å². The maximum absolute atomic E-state index is 11.2. The molecule has 19 heavy (non-hydrogen) atoms. The van der Waals surface area contributed by atoms with Crippen LogP contribution in [0.2, 0.25) is 0 Å². The normalized spacial score (nSPS) is 35.6. The van der Waals surface area contributed by atoms with E-state index in [1.54, 1.807) is 0 Å². The summed E-state index contributed by atoms with van der Waals surface area (Å²) in [6.07, 6.45) is 7.57. The second-order valence-corrected chi connectivity index (χ2v) is 6.75. The molecule has 3 nitrogen and oxygen atoms in total. The summed E-state index contributed by atoms with van der Waals surface area (Å²) in [5.41, 5.74) is -1.39. The van der Waals surface area contributed by atoms with Crippen LogP contribution in [0.15, 0.2) is 0 Å². The molecule has 0 aromatic carbocycles. The third kappa shape index (κ3) is 2.80. The molecule has 0 amide bonds. The van der Waals surface area contributed by atoms with E-state index in [1.807, 2.05) is 0 Å². The Morgan fingerprint density at radius 2 is 1.79 bits per heavy atom. The predicted molar refractivity (Wildman–Crippen MR) is 74.5 cm³/mol. The quantitative estimate of drug-likeness (QED) is 0.778. The van der Waals surface area contributed by atoms with E-state index in [-0.39, 0.29) is 6.10 Å². The molecular weight excluding hydrogens is 238 g/mol. The zero-order valence-electron chi connectivity index (χ0n) is 12.3. The van der Waals surface area contributed by atoms with Crippen LogP contribution in [0.4, 0.5) is 0 Å². The lowest BCUT2D eigenvalue weighted by Crippen LogP contribution is -2.54. The molecule has 1 aliphatic carbocycles. The van der Waals surface area contributed by atoms with Gasteiger partial charge in [-0.05, 0) is 18.8 Å². The van der Waals surface area contributed by atoms with Gasteiger partial charge in [-0.2, -0.15) is 5.26 Å². The fraction of sp³-hybridized carbons (Fsp3) is 0.938. The van der Waals surface area contributed by atoms with Gasteiger partial charge in [-0.3, -0.25) is 0 Å². The van der Waals surface area contributed by atoms with E-state index in [9.17, 15) is 10.4 Å². The van der Waals surface area contributed by atoms with Crippen LogP contribution >= 0.6 is 0 Å². The molecule has 0 aromatic heterocycles. The lowest BCUT2D eigenvalue weighted by atomic mass is 9.63. The van der Waals surface area contributed by atoms with Crippen LogP contribution in [0.25, 0.3) is 0 Å². The molecule has 1 aliphatic heterocycles. The number of nitrogens with zero attached hydrogens (tertiary/aromatic N) is 1. The molecule has 0 spiro atoms. The number of hydrogen-bond acceptors (Lipinski definition) is 3. The van der Waals surface area contributed by atoms with Crippen molar-refractivity contribution < 1.29 is 9.84 Å². The third-order valence-electron chi connectivity index (χ3n) is 5.19. The van der Waals surface area contributed by atoms with Crippen LogP contribution in [0.1, 0.15) is 65.2 Å². The van der Waals surface area contributed by atoms with Gasteiger partial charge in [0.2, 0.25) is 0 Å². The third-order valence-corrected chi connectivity index (χ3v) is 5.19. The first-order valence-corrected chi connectivity index (χ1v) is 7.78. The molecule has 2 atom stereocenters. The molecule has 1 N–H and O–H groups in total. The largest absolute Gasteiger partial charge is 0.388 e. The summed E-state index contributed by atoms with van der Waals surface area (Å²) in [5.74, 6) is 0.397. The van der Waals surface area contributed by atoms with E-state index in [0.29, 0.717) is 25.4 Å².